The summed E-state index contributed by atoms with van der Waals surface area (Å²) in [5, 5.41) is 7.09. The van der Waals surface area contributed by atoms with Crippen LogP contribution in [0.1, 0.15) is 5.56 Å². The van der Waals surface area contributed by atoms with Gasteiger partial charge in [0.1, 0.15) is 5.82 Å². The second-order valence-corrected chi connectivity index (χ2v) is 2.94. The molecule has 0 saturated heterocycles. The quantitative estimate of drug-likeness (QED) is 0.786. The van der Waals surface area contributed by atoms with Crippen molar-refractivity contribution in [1.82, 2.24) is 5.34 Å². The summed E-state index contributed by atoms with van der Waals surface area (Å²) in [4.78, 5) is 10.4. The molecule has 1 atom stereocenters. The van der Waals surface area contributed by atoms with Crippen LogP contribution in [0, 0.1) is 5.82 Å². The normalized spacial score (nSPS) is 12.8. The van der Waals surface area contributed by atoms with Gasteiger partial charge in [0.15, 0.2) is 6.04 Å². The Morgan fingerprint density at radius 2 is 1.87 bits per heavy atom. The van der Waals surface area contributed by atoms with Crippen LogP contribution in [0.2, 0.25) is 0 Å². The van der Waals surface area contributed by atoms with Crippen LogP contribution in [0.25, 0.3) is 0 Å². The first-order valence-electron chi connectivity index (χ1n) is 4.08. The van der Waals surface area contributed by atoms with Crippen molar-refractivity contribution in [2.45, 2.75) is 12.5 Å². The lowest BCUT2D eigenvalue weighted by Gasteiger charge is -2.11. The van der Waals surface area contributed by atoms with Crippen LogP contribution >= 0.6 is 0 Å². The average Bonchev–Trinajstić information content (AvgIpc) is 2.15. The van der Waals surface area contributed by atoms with Crippen molar-refractivity contribution in [2.75, 3.05) is 0 Å². The molecule has 0 amide bonds. The third-order valence-corrected chi connectivity index (χ3v) is 1.86. The number of hydrogen-bond acceptors (Lipinski definition) is 2. The number of halogens is 3. The number of rotatable bonds is 4. The zero-order valence-electron chi connectivity index (χ0n) is 7.53. The van der Waals surface area contributed by atoms with Crippen LogP contribution < -0.4 is 0 Å². The lowest BCUT2D eigenvalue weighted by atomic mass is 10.1. The van der Waals surface area contributed by atoms with E-state index in [1.807, 2.05) is 0 Å². The molecule has 0 saturated carbocycles. The molecule has 15 heavy (non-hydrogen) atoms. The van der Waals surface area contributed by atoms with Crippen molar-refractivity contribution in [3.05, 3.63) is 35.6 Å². The molecule has 1 aromatic carbocycles. The summed E-state index contributed by atoms with van der Waals surface area (Å²) >= 11 is 0. The standard InChI is InChI=1S/C9H8F3NO2/c10-7-3-1-6(2-4-7)5-8(9(14)15)13(11)12/h1-4,8H,5H2,(H,14,15)/t8-/m0/s1. The molecular formula is C9H8F3NO2. The van der Waals surface area contributed by atoms with E-state index in [0.717, 1.165) is 12.1 Å². The van der Waals surface area contributed by atoms with Crippen molar-refractivity contribution in [3.63, 3.8) is 0 Å². The van der Waals surface area contributed by atoms with Gasteiger partial charge in [-0.3, -0.25) is 4.79 Å². The van der Waals surface area contributed by atoms with E-state index in [1.165, 1.54) is 12.1 Å². The summed E-state index contributed by atoms with van der Waals surface area (Å²) in [6, 6.07) is 2.82. The molecule has 1 N–H and O–H groups in total. The SMILES string of the molecule is O=C(O)[C@H](Cc1ccc(F)cc1)N(F)F. The Hall–Kier alpha value is -1.56. The maximum absolute atomic E-state index is 12.5. The van der Waals surface area contributed by atoms with Crippen molar-refractivity contribution in [3.8, 4) is 0 Å². The minimum absolute atomic E-state index is 0.337. The smallest absolute Gasteiger partial charge is 0.326 e. The van der Waals surface area contributed by atoms with E-state index >= 15 is 0 Å². The Morgan fingerprint density at radius 1 is 1.33 bits per heavy atom. The Kier molecular flexibility index (Phi) is 3.68. The molecule has 6 heteroatoms. The van der Waals surface area contributed by atoms with Crippen LogP contribution in [0.4, 0.5) is 13.4 Å². The van der Waals surface area contributed by atoms with Gasteiger partial charge in [-0.05, 0) is 17.7 Å². The van der Waals surface area contributed by atoms with Gasteiger partial charge in [-0.1, -0.05) is 12.1 Å². The highest BCUT2D eigenvalue weighted by Crippen LogP contribution is 2.11. The van der Waals surface area contributed by atoms with Crippen molar-refractivity contribution < 1.29 is 23.3 Å². The van der Waals surface area contributed by atoms with Crippen LogP contribution in [0.5, 0.6) is 0 Å². The largest absolute Gasteiger partial charge is 0.480 e. The fourth-order valence-electron chi connectivity index (χ4n) is 1.08. The van der Waals surface area contributed by atoms with Gasteiger partial charge in [-0.2, -0.15) is 0 Å². The molecule has 0 bridgehead atoms. The second kappa shape index (κ2) is 4.79. The van der Waals surface area contributed by atoms with Crippen molar-refractivity contribution in [2.24, 2.45) is 0 Å². The minimum atomic E-state index is -1.91. The molecule has 0 heterocycles. The number of carboxylic acid groups (broad SMARTS) is 1. The summed E-state index contributed by atoms with van der Waals surface area (Å²) in [5.41, 5.74) is 0.337. The molecule has 0 aromatic heterocycles. The van der Waals surface area contributed by atoms with Gasteiger partial charge in [0.05, 0.1) is 0 Å². The first-order valence-corrected chi connectivity index (χ1v) is 4.08. The zero-order valence-corrected chi connectivity index (χ0v) is 7.53. The van der Waals surface area contributed by atoms with Crippen LogP contribution in [0.3, 0.4) is 0 Å². The molecule has 0 fully saturated rings. The number of carboxylic acids is 1. The number of aliphatic carboxylic acids is 1. The second-order valence-electron chi connectivity index (χ2n) is 2.94. The lowest BCUT2D eigenvalue weighted by Crippen LogP contribution is -2.32. The van der Waals surface area contributed by atoms with E-state index in [9.17, 15) is 18.1 Å². The van der Waals surface area contributed by atoms with E-state index in [2.05, 4.69) is 0 Å². The molecule has 1 aromatic rings. The predicted molar refractivity (Wildman–Crippen MR) is 45.6 cm³/mol. The number of carbonyl (C=O) groups is 1. The molecule has 82 valence electrons. The summed E-state index contributed by atoms with van der Waals surface area (Å²) in [7, 11) is 0. The molecular weight excluding hydrogens is 211 g/mol. The Bertz CT molecular complexity index is 340. The maximum Gasteiger partial charge on any atom is 0.326 e. The monoisotopic (exact) mass is 219 g/mol. The van der Waals surface area contributed by atoms with Crippen LogP contribution in [-0.2, 0) is 11.2 Å². The molecule has 0 unspecified atom stereocenters. The summed E-state index contributed by atoms with van der Waals surface area (Å²) < 4.78 is 36.7. The summed E-state index contributed by atoms with van der Waals surface area (Å²) in [6.45, 7) is 0. The predicted octanol–water partition coefficient (Wildman–Crippen LogP) is 1.89. The van der Waals surface area contributed by atoms with Gasteiger partial charge in [0.2, 0.25) is 0 Å². The highest BCUT2D eigenvalue weighted by atomic mass is 19.4. The number of hydrogen-bond donors (Lipinski definition) is 1. The maximum atomic E-state index is 12.5. The van der Waals surface area contributed by atoms with Gasteiger partial charge in [-0.25, -0.2) is 4.39 Å². The summed E-state index contributed by atoms with van der Waals surface area (Å²) in [6.07, 6.45) is -0.372. The van der Waals surface area contributed by atoms with Crippen LogP contribution in [-0.4, -0.2) is 22.5 Å². The van der Waals surface area contributed by atoms with Gasteiger partial charge < -0.3 is 5.11 Å². The molecule has 3 nitrogen and oxygen atoms in total. The Balaban J connectivity index is 2.74. The van der Waals surface area contributed by atoms with E-state index in [4.69, 9.17) is 5.11 Å². The molecule has 0 aliphatic heterocycles. The molecule has 0 aliphatic rings. The van der Waals surface area contributed by atoms with E-state index in [0.29, 0.717) is 5.56 Å². The van der Waals surface area contributed by atoms with Crippen molar-refractivity contribution >= 4 is 5.97 Å². The summed E-state index contributed by atoms with van der Waals surface area (Å²) in [5.74, 6) is -2.12. The highest BCUT2D eigenvalue weighted by Gasteiger charge is 2.26. The molecule has 0 aliphatic carbocycles. The highest BCUT2D eigenvalue weighted by molar-refractivity contribution is 5.73. The third kappa shape index (κ3) is 3.25. The molecule has 0 radical (unpaired) electrons. The zero-order chi connectivity index (χ0) is 11.4. The minimum Gasteiger partial charge on any atom is -0.480 e. The topological polar surface area (TPSA) is 40.5 Å². The van der Waals surface area contributed by atoms with Crippen LogP contribution in [0.15, 0.2) is 24.3 Å². The first-order chi connectivity index (χ1) is 7.00. The lowest BCUT2D eigenvalue weighted by molar-refractivity contribution is -0.200. The van der Waals surface area contributed by atoms with Gasteiger partial charge >= 0.3 is 5.97 Å². The first kappa shape index (κ1) is 11.5. The Morgan fingerprint density at radius 3 is 2.27 bits per heavy atom. The Labute approximate surface area is 83.6 Å². The average molecular weight is 219 g/mol. The fourth-order valence-corrected chi connectivity index (χ4v) is 1.08. The van der Waals surface area contributed by atoms with E-state index in [1.54, 1.807) is 0 Å². The van der Waals surface area contributed by atoms with Gasteiger partial charge in [0, 0.05) is 11.8 Å². The van der Waals surface area contributed by atoms with E-state index < -0.39 is 23.2 Å². The van der Waals surface area contributed by atoms with Crippen molar-refractivity contribution in [1.29, 1.82) is 0 Å². The number of benzene rings is 1. The van der Waals surface area contributed by atoms with E-state index in [-0.39, 0.29) is 6.42 Å². The third-order valence-electron chi connectivity index (χ3n) is 1.86. The molecule has 0 spiro atoms. The van der Waals surface area contributed by atoms with Gasteiger partial charge in [0.25, 0.3) is 0 Å². The fraction of sp³-hybridized carbons (Fsp3) is 0.222. The number of nitrogens with zero attached hydrogens (tertiary/aromatic N) is 1. The van der Waals surface area contributed by atoms with Gasteiger partial charge in [-0.15, -0.1) is 8.96 Å². The molecule has 1 rings (SSSR count).